The van der Waals surface area contributed by atoms with E-state index in [2.05, 4.69) is 26.5 Å². The Morgan fingerprint density at radius 3 is 2.35 bits per heavy atom. The second-order valence-corrected chi connectivity index (χ2v) is 6.70. The Morgan fingerprint density at radius 2 is 1.81 bits per heavy atom. The molecule has 7 nitrogen and oxygen atoms in total. The van der Waals surface area contributed by atoms with E-state index in [1.807, 2.05) is 6.92 Å². The number of nitrogens with one attached hydrogen (secondary N) is 1. The number of benzene rings is 1. The minimum Gasteiger partial charge on any atom is -0.494 e. The average molecular weight is 439 g/mol. The normalized spacial score (nSPS) is 11.5. The molecule has 2 aromatic rings. The quantitative estimate of drug-likeness (QED) is 0.426. The van der Waals surface area contributed by atoms with E-state index in [1.165, 1.54) is 9.13 Å². The molecule has 0 unspecified atom stereocenters. The van der Waals surface area contributed by atoms with Crippen molar-refractivity contribution in [2.24, 2.45) is 5.10 Å². The molecule has 0 fully saturated rings. The van der Waals surface area contributed by atoms with E-state index >= 15 is 0 Å². The molecule has 138 valence electrons. The molecule has 26 heavy (non-hydrogen) atoms. The Kier molecular flexibility index (Phi) is 6.49. The fraction of sp³-hybridized carbons (Fsp3) is 0.294. The van der Waals surface area contributed by atoms with E-state index in [0.717, 1.165) is 4.47 Å². The van der Waals surface area contributed by atoms with E-state index in [1.54, 1.807) is 38.1 Å². The van der Waals surface area contributed by atoms with Gasteiger partial charge in [0, 0.05) is 23.1 Å². The van der Waals surface area contributed by atoms with Crippen LogP contribution in [0.1, 0.15) is 36.7 Å². The summed E-state index contributed by atoms with van der Waals surface area (Å²) in [5.41, 5.74) is 2.58. The van der Waals surface area contributed by atoms with Gasteiger partial charge < -0.3 is 5.11 Å². The van der Waals surface area contributed by atoms with Crippen molar-refractivity contribution >= 4 is 39.8 Å². The number of halogens is 1. The molecule has 0 spiro atoms. The lowest BCUT2D eigenvalue weighted by Gasteiger charge is -2.15. The molecule has 0 aliphatic rings. The number of hydrogen-bond acceptors (Lipinski definition) is 5. The number of aromatic hydroxyl groups is 1. The number of rotatable bonds is 5. The van der Waals surface area contributed by atoms with Gasteiger partial charge in [-0.3, -0.25) is 18.7 Å². The van der Waals surface area contributed by atoms with Crippen LogP contribution in [0.15, 0.2) is 38.6 Å². The van der Waals surface area contributed by atoms with Crippen LogP contribution in [-0.2, 0) is 13.1 Å². The highest BCUT2D eigenvalue weighted by Gasteiger charge is 2.18. The zero-order valence-electron chi connectivity index (χ0n) is 14.6. The van der Waals surface area contributed by atoms with Crippen LogP contribution in [0.3, 0.4) is 0 Å². The molecule has 1 aromatic carbocycles. The third kappa shape index (κ3) is 3.94. The van der Waals surface area contributed by atoms with Gasteiger partial charge in [-0.1, -0.05) is 15.9 Å². The molecule has 0 saturated heterocycles. The Balaban J connectivity index is 2.43. The molecule has 2 rings (SSSR count). The van der Waals surface area contributed by atoms with Crippen LogP contribution in [-0.4, -0.2) is 25.9 Å². The third-order valence-corrected chi connectivity index (χ3v) is 4.80. The van der Waals surface area contributed by atoms with Crippen molar-refractivity contribution in [3.05, 3.63) is 55.0 Å². The first-order chi connectivity index (χ1) is 12.3. The first-order valence-electron chi connectivity index (χ1n) is 7.98. The number of carbonyl (C=O) groups excluding carboxylic acids is 1. The zero-order valence-corrected chi connectivity index (χ0v) is 17.0. The summed E-state index contributed by atoms with van der Waals surface area (Å²) in [6.45, 7) is 5.91. The van der Waals surface area contributed by atoms with Crippen LogP contribution < -0.4 is 11.0 Å². The van der Waals surface area contributed by atoms with Crippen LogP contribution in [0.4, 0.5) is 0 Å². The van der Waals surface area contributed by atoms with Crippen molar-refractivity contribution in [2.75, 3.05) is 0 Å². The number of aromatic nitrogens is 2. The van der Waals surface area contributed by atoms with E-state index in [-0.39, 0.29) is 21.9 Å². The second-order valence-electron chi connectivity index (χ2n) is 5.42. The summed E-state index contributed by atoms with van der Waals surface area (Å²) < 4.78 is 3.93. The molecule has 9 heteroatoms. The monoisotopic (exact) mass is 438 g/mol. The van der Waals surface area contributed by atoms with Gasteiger partial charge in [0.05, 0.1) is 5.71 Å². The lowest BCUT2D eigenvalue weighted by molar-refractivity contribution is 0.0955. The zero-order chi connectivity index (χ0) is 19.4. The summed E-state index contributed by atoms with van der Waals surface area (Å²) in [5, 5.41) is 14.4. The largest absolute Gasteiger partial charge is 0.494 e. The first kappa shape index (κ1) is 20.1. The molecule has 1 amide bonds. The van der Waals surface area contributed by atoms with Crippen molar-refractivity contribution in [3.63, 3.8) is 0 Å². The number of carbonyl (C=O) groups is 1. The molecule has 0 bridgehead atoms. The summed E-state index contributed by atoms with van der Waals surface area (Å²) in [6.07, 6.45) is 0. The lowest BCUT2D eigenvalue weighted by atomic mass is 10.2. The van der Waals surface area contributed by atoms with Crippen molar-refractivity contribution in [2.45, 2.75) is 33.9 Å². The minimum atomic E-state index is -0.446. The number of amides is 1. The number of nitrogens with zero attached hydrogens (tertiary/aromatic N) is 3. The Labute approximate surface area is 164 Å². The van der Waals surface area contributed by atoms with Crippen molar-refractivity contribution in [1.29, 1.82) is 0 Å². The third-order valence-electron chi connectivity index (χ3n) is 3.83. The van der Waals surface area contributed by atoms with Gasteiger partial charge in [0.15, 0.2) is 4.77 Å². The molecule has 0 aliphatic heterocycles. The van der Waals surface area contributed by atoms with Crippen LogP contribution >= 0.6 is 28.1 Å². The van der Waals surface area contributed by atoms with Crippen LogP contribution in [0.25, 0.3) is 0 Å². The summed E-state index contributed by atoms with van der Waals surface area (Å²) in [7, 11) is 0. The Bertz CT molecular complexity index is 977. The summed E-state index contributed by atoms with van der Waals surface area (Å²) in [5.74, 6) is -0.679. The fourth-order valence-electron chi connectivity index (χ4n) is 2.43. The topological polar surface area (TPSA) is 88.6 Å². The summed E-state index contributed by atoms with van der Waals surface area (Å²) in [6, 6.07) is 6.76. The Hall–Kier alpha value is -2.26. The molecular weight excluding hydrogens is 420 g/mol. The highest BCUT2D eigenvalue weighted by Crippen LogP contribution is 2.15. The predicted octanol–water partition coefficient (Wildman–Crippen LogP) is 3.04. The average Bonchev–Trinajstić information content (AvgIpc) is 2.61. The van der Waals surface area contributed by atoms with Gasteiger partial charge in [-0.2, -0.15) is 5.10 Å². The van der Waals surface area contributed by atoms with Gasteiger partial charge in [-0.05, 0) is 57.3 Å². The second kappa shape index (κ2) is 8.41. The molecule has 0 radical (unpaired) electrons. The molecular formula is C17H19BrN4O3S. The SMILES string of the molecule is CCn1c(O)c(/C(C)=N\NC(=O)c2ccc(Br)cc2)c(=O)n(CC)c1=S. The van der Waals surface area contributed by atoms with Gasteiger partial charge in [-0.25, -0.2) is 5.43 Å². The standard InChI is InChI=1S/C17H19BrN4O3S/c1-4-21-15(24)13(16(25)22(5-2)17(21)26)10(3)19-20-14(23)11-6-8-12(18)9-7-11/h6-9,24H,4-5H2,1-3H3,(H,20,23)/b19-10-. The van der Waals surface area contributed by atoms with E-state index in [9.17, 15) is 14.7 Å². The number of hydrogen-bond donors (Lipinski definition) is 2. The van der Waals surface area contributed by atoms with E-state index < -0.39 is 11.5 Å². The van der Waals surface area contributed by atoms with E-state index in [4.69, 9.17) is 12.2 Å². The maximum absolute atomic E-state index is 12.6. The highest BCUT2D eigenvalue weighted by molar-refractivity contribution is 9.10. The van der Waals surface area contributed by atoms with Gasteiger partial charge >= 0.3 is 0 Å². The summed E-state index contributed by atoms with van der Waals surface area (Å²) >= 11 is 8.55. The summed E-state index contributed by atoms with van der Waals surface area (Å²) in [4.78, 5) is 24.8. The molecule has 0 saturated carbocycles. The molecule has 2 N–H and O–H groups in total. The predicted molar refractivity (Wildman–Crippen MR) is 106 cm³/mol. The maximum atomic E-state index is 12.6. The smallest absolute Gasteiger partial charge is 0.271 e. The highest BCUT2D eigenvalue weighted by atomic mass is 79.9. The maximum Gasteiger partial charge on any atom is 0.271 e. The van der Waals surface area contributed by atoms with Gasteiger partial charge in [0.1, 0.15) is 5.56 Å². The minimum absolute atomic E-state index is 0.0124. The molecule has 0 atom stereocenters. The van der Waals surface area contributed by atoms with Crippen LogP contribution in [0.5, 0.6) is 5.88 Å². The molecule has 1 aromatic heterocycles. The van der Waals surface area contributed by atoms with Crippen LogP contribution in [0, 0.1) is 4.77 Å². The van der Waals surface area contributed by atoms with Crippen LogP contribution in [0.2, 0.25) is 0 Å². The Morgan fingerprint density at radius 1 is 1.23 bits per heavy atom. The first-order valence-corrected chi connectivity index (χ1v) is 9.19. The number of hydrazone groups is 1. The van der Waals surface area contributed by atoms with E-state index in [0.29, 0.717) is 18.7 Å². The molecule has 0 aliphatic carbocycles. The van der Waals surface area contributed by atoms with Gasteiger partial charge in [-0.15, -0.1) is 0 Å². The fourth-order valence-corrected chi connectivity index (χ4v) is 3.12. The van der Waals surface area contributed by atoms with Crippen molar-refractivity contribution in [3.8, 4) is 5.88 Å². The van der Waals surface area contributed by atoms with Gasteiger partial charge in [0.2, 0.25) is 5.88 Å². The van der Waals surface area contributed by atoms with Gasteiger partial charge in [0.25, 0.3) is 11.5 Å². The van der Waals surface area contributed by atoms with Crippen molar-refractivity contribution in [1.82, 2.24) is 14.6 Å². The van der Waals surface area contributed by atoms with Crippen molar-refractivity contribution < 1.29 is 9.90 Å². The molecule has 1 heterocycles. The lowest BCUT2D eigenvalue weighted by Crippen LogP contribution is -2.31.